The van der Waals surface area contributed by atoms with Crippen LogP contribution in [0.2, 0.25) is 0 Å². The standard InChI is InChI=1S/C17H13FN2O/c1-21-17-7-6-16(18)9-14(17)8-15(11-20)13-4-2-12(10-19)3-5-13/h2-7,9,15H,8H2,1H3. The molecule has 1 unspecified atom stereocenters. The number of ether oxygens (including phenoxy) is 1. The second kappa shape index (κ2) is 6.54. The molecular weight excluding hydrogens is 267 g/mol. The summed E-state index contributed by atoms with van der Waals surface area (Å²) in [5, 5.41) is 18.1. The number of nitrogens with zero attached hydrogens (tertiary/aromatic N) is 2. The molecule has 1 atom stereocenters. The number of rotatable bonds is 4. The summed E-state index contributed by atoms with van der Waals surface area (Å²) in [7, 11) is 1.51. The van der Waals surface area contributed by atoms with Gasteiger partial charge in [-0.2, -0.15) is 10.5 Å². The van der Waals surface area contributed by atoms with Crippen molar-refractivity contribution in [3.8, 4) is 17.9 Å². The third-order valence-corrected chi connectivity index (χ3v) is 3.26. The van der Waals surface area contributed by atoms with E-state index in [4.69, 9.17) is 10.00 Å². The Bertz CT molecular complexity index is 711. The van der Waals surface area contributed by atoms with Gasteiger partial charge in [0.2, 0.25) is 0 Å². The van der Waals surface area contributed by atoms with Crippen LogP contribution in [0.5, 0.6) is 5.75 Å². The molecule has 104 valence electrons. The average Bonchev–Trinajstić information content (AvgIpc) is 2.53. The lowest BCUT2D eigenvalue weighted by Gasteiger charge is -2.13. The molecule has 2 aromatic rings. The Morgan fingerprint density at radius 1 is 1.14 bits per heavy atom. The molecule has 0 aliphatic rings. The lowest BCUT2D eigenvalue weighted by molar-refractivity contribution is 0.407. The van der Waals surface area contributed by atoms with Crippen LogP contribution >= 0.6 is 0 Å². The second-order valence-corrected chi connectivity index (χ2v) is 4.58. The number of benzene rings is 2. The Morgan fingerprint density at radius 3 is 2.43 bits per heavy atom. The Labute approximate surface area is 122 Å². The molecule has 0 saturated carbocycles. The van der Waals surface area contributed by atoms with Crippen molar-refractivity contribution < 1.29 is 9.13 Å². The van der Waals surface area contributed by atoms with Gasteiger partial charge >= 0.3 is 0 Å². The molecule has 0 radical (unpaired) electrons. The smallest absolute Gasteiger partial charge is 0.123 e. The van der Waals surface area contributed by atoms with Crippen molar-refractivity contribution in [2.75, 3.05) is 7.11 Å². The molecule has 21 heavy (non-hydrogen) atoms. The van der Waals surface area contributed by atoms with Crippen molar-refractivity contribution in [2.24, 2.45) is 0 Å². The number of hydrogen-bond acceptors (Lipinski definition) is 3. The summed E-state index contributed by atoms with van der Waals surface area (Å²) in [5.74, 6) is -0.221. The first kappa shape index (κ1) is 14.6. The summed E-state index contributed by atoms with van der Waals surface area (Å²) in [5.41, 5.74) is 1.98. The van der Waals surface area contributed by atoms with E-state index in [9.17, 15) is 9.65 Å². The highest BCUT2D eigenvalue weighted by molar-refractivity contribution is 5.39. The van der Waals surface area contributed by atoms with E-state index in [1.165, 1.54) is 19.2 Å². The van der Waals surface area contributed by atoms with Gasteiger partial charge in [0, 0.05) is 0 Å². The predicted octanol–water partition coefficient (Wildman–Crippen LogP) is 3.56. The Balaban J connectivity index is 2.29. The minimum atomic E-state index is -0.423. The minimum absolute atomic E-state index is 0.351. The first-order chi connectivity index (χ1) is 10.2. The van der Waals surface area contributed by atoms with Gasteiger partial charge in [-0.1, -0.05) is 12.1 Å². The maximum Gasteiger partial charge on any atom is 0.123 e. The van der Waals surface area contributed by atoms with Crippen LogP contribution in [-0.2, 0) is 6.42 Å². The maximum absolute atomic E-state index is 13.4. The normalized spacial score (nSPS) is 11.2. The molecule has 4 heteroatoms. The number of hydrogen-bond donors (Lipinski definition) is 0. The van der Waals surface area contributed by atoms with Crippen molar-refractivity contribution in [3.63, 3.8) is 0 Å². The Kier molecular flexibility index (Phi) is 4.53. The van der Waals surface area contributed by atoms with E-state index in [1.807, 2.05) is 6.07 Å². The summed E-state index contributed by atoms with van der Waals surface area (Å²) < 4.78 is 18.6. The van der Waals surface area contributed by atoms with Gasteiger partial charge in [-0.05, 0) is 47.9 Å². The summed E-state index contributed by atoms with van der Waals surface area (Å²) >= 11 is 0. The zero-order valence-electron chi connectivity index (χ0n) is 11.5. The molecule has 0 N–H and O–H groups in total. The van der Waals surface area contributed by atoms with Crippen LogP contribution in [0.25, 0.3) is 0 Å². The molecule has 0 bridgehead atoms. The van der Waals surface area contributed by atoms with Gasteiger partial charge in [-0.3, -0.25) is 0 Å². The second-order valence-electron chi connectivity index (χ2n) is 4.58. The van der Waals surface area contributed by atoms with Crippen LogP contribution in [-0.4, -0.2) is 7.11 Å². The van der Waals surface area contributed by atoms with Gasteiger partial charge in [0.25, 0.3) is 0 Å². The number of methoxy groups -OCH3 is 1. The lowest BCUT2D eigenvalue weighted by Crippen LogP contribution is -2.03. The molecule has 0 aliphatic heterocycles. The summed E-state index contributed by atoms with van der Waals surface area (Å²) in [6.07, 6.45) is 0.351. The van der Waals surface area contributed by atoms with Crippen molar-refractivity contribution in [3.05, 3.63) is 65.0 Å². The fourth-order valence-corrected chi connectivity index (χ4v) is 2.15. The van der Waals surface area contributed by atoms with E-state index in [0.717, 1.165) is 5.56 Å². The largest absolute Gasteiger partial charge is 0.496 e. The van der Waals surface area contributed by atoms with E-state index in [0.29, 0.717) is 23.3 Å². The van der Waals surface area contributed by atoms with Crippen molar-refractivity contribution in [1.29, 1.82) is 10.5 Å². The van der Waals surface area contributed by atoms with Gasteiger partial charge in [-0.25, -0.2) is 4.39 Å². The van der Waals surface area contributed by atoms with Crippen LogP contribution in [0.15, 0.2) is 42.5 Å². The van der Waals surface area contributed by atoms with Gasteiger partial charge in [-0.15, -0.1) is 0 Å². The fourth-order valence-electron chi connectivity index (χ4n) is 2.15. The van der Waals surface area contributed by atoms with Crippen LogP contribution in [0.1, 0.15) is 22.6 Å². The van der Waals surface area contributed by atoms with Gasteiger partial charge in [0.15, 0.2) is 0 Å². The van der Waals surface area contributed by atoms with Crippen molar-refractivity contribution in [1.82, 2.24) is 0 Å². The molecule has 2 rings (SSSR count). The summed E-state index contributed by atoms with van der Waals surface area (Å²) in [4.78, 5) is 0. The maximum atomic E-state index is 13.4. The number of nitriles is 2. The average molecular weight is 280 g/mol. The van der Waals surface area contributed by atoms with Gasteiger partial charge in [0.05, 0.1) is 30.7 Å². The van der Waals surface area contributed by atoms with Gasteiger partial charge < -0.3 is 4.74 Å². The summed E-state index contributed by atoms with van der Waals surface area (Å²) in [6.45, 7) is 0. The third kappa shape index (κ3) is 3.38. The minimum Gasteiger partial charge on any atom is -0.496 e. The van der Waals surface area contributed by atoms with Crippen LogP contribution in [0.4, 0.5) is 4.39 Å². The van der Waals surface area contributed by atoms with E-state index in [-0.39, 0.29) is 5.82 Å². The first-order valence-electron chi connectivity index (χ1n) is 6.40. The van der Waals surface area contributed by atoms with Crippen molar-refractivity contribution >= 4 is 0 Å². The molecule has 3 nitrogen and oxygen atoms in total. The topological polar surface area (TPSA) is 56.8 Å². The molecule has 0 amide bonds. The molecule has 0 spiro atoms. The SMILES string of the molecule is COc1ccc(F)cc1CC(C#N)c1ccc(C#N)cc1. The highest BCUT2D eigenvalue weighted by atomic mass is 19.1. The summed E-state index contributed by atoms with van der Waals surface area (Å²) in [6, 6.07) is 15.3. The molecule has 0 aromatic heterocycles. The van der Waals surface area contributed by atoms with E-state index >= 15 is 0 Å². The van der Waals surface area contributed by atoms with Crippen LogP contribution < -0.4 is 4.74 Å². The Morgan fingerprint density at radius 2 is 1.86 bits per heavy atom. The first-order valence-corrected chi connectivity index (χ1v) is 6.40. The highest BCUT2D eigenvalue weighted by Crippen LogP contribution is 2.27. The Hall–Kier alpha value is -2.85. The predicted molar refractivity (Wildman–Crippen MR) is 76.2 cm³/mol. The molecule has 0 saturated heterocycles. The molecule has 0 fully saturated rings. The van der Waals surface area contributed by atoms with E-state index in [1.54, 1.807) is 30.3 Å². The van der Waals surface area contributed by atoms with E-state index < -0.39 is 5.92 Å². The third-order valence-electron chi connectivity index (χ3n) is 3.26. The molecule has 2 aromatic carbocycles. The highest BCUT2D eigenvalue weighted by Gasteiger charge is 2.15. The molecular formula is C17H13FN2O. The quantitative estimate of drug-likeness (QED) is 0.860. The lowest BCUT2D eigenvalue weighted by atomic mass is 9.92. The van der Waals surface area contributed by atoms with Crippen LogP contribution in [0.3, 0.4) is 0 Å². The monoisotopic (exact) mass is 280 g/mol. The zero-order chi connectivity index (χ0) is 15.2. The fraction of sp³-hybridized carbons (Fsp3) is 0.176. The molecule has 0 heterocycles. The van der Waals surface area contributed by atoms with Gasteiger partial charge in [0.1, 0.15) is 11.6 Å². The van der Waals surface area contributed by atoms with Crippen molar-refractivity contribution in [2.45, 2.75) is 12.3 Å². The number of halogens is 1. The zero-order valence-corrected chi connectivity index (χ0v) is 11.5. The van der Waals surface area contributed by atoms with Crippen LogP contribution in [0, 0.1) is 28.5 Å². The van der Waals surface area contributed by atoms with E-state index in [2.05, 4.69) is 6.07 Å². The molecule has 0 aliphatic carbocycles.